The van der Waals surface area contributed by atoms with Crippen LogP contribution in [-0.4, -0.2) is 5.97 Å². The summed E-state index contributed by atoms with van der Waals surface area (Å²) in [5.74, 6) is 0.654. The van der Waals surface area contributed by atoms with E-state index in [0.717, 1.165) is 29.7 Å². The van der Waals surface area contributed by atoms with Crippen LogP contribution in [0.3, 0.4) is 0 Å². The average molecular weight is 467 g/mol. The summed E-state index contributed by atoms with van der Waals surface area (Å²) in [7, 11) is 0. The Kier molecular flexibility index (Phi) is 14.9. The molecular weight excluding hydrogens is 420 g/mol. The van der Waals surface area contributed by atoms with Crippen molar-refractivity contribution in [2.45, 2.75) is 116 Å². The molecule has 0 aliphatic rings. The summed E-state index contributed by atoms with van der Waals surface area (Å²) in [4.78, 5) is 12.4. The van der Waals surface area contributed by atoms with E-state index in [1.165, 1.54) is 70.6 Å². The molecule has 3 nitrogen and oxygen atoms in total. The molecule has 0 bridgehead atoms. The Morgan fingerprint density at radius 2 is 1.24 bits per heavy atom. The van der Waals surface area contributed by atoms with Gasteiger partial charge in [0.05, 0.1) is 0 Å². The molecule has 0 aromatic heterocycles. The van der Waals surface area contributed by atoms with Gasteiger partial charge < -0.3 is 9.47 Å². The third-order valence-electron chi connectivity index (χ3n) is 6.39. The van der Waals surface area contributed by atoms with Crippen molar-refractivity contribution in [1.82, 2.24) is 0 Å². The first-order chi connectivity index (χ1) is 16.7. The minimum absolute atomic E-state index is 0.117. The Morgan fingerprint density at radius 1 is 0.706 bits per heavy atom. The molecule has 0 heterocycles. The van der Waals surface area contributed by atoms with Gasteiger partial charge in [-0.3, -0.25) is 4.79 Å². The Bertz CT molecular complexity index is 771. The van der Waals surface area contributed by atoms with Crippen LogP contribution in [0.5, 0.6) is 5.75 Å². The van der Waals surface area contributed by atoms with Gasteiger partial charge in [0.2, 0.25) is 0 Å². The average Bonchev–Trinajstić information content (AvgIpc) is 2.86. The van der Waals surface area contributed by atoms with Crippen molar-refractivity contribution in [2.24, 2.45) is 0 Å². The normalized spacial score (nSPS) is 11.8. The molecule has 2 aromatic rings. The molecule has 1 atom stereocenters. The van der Waals surface area contributed by atoms with Crippen molar-refractivity contribution in [3.05, 3.63) is 65.7 Å². The number of benzene rings is 2. The van der Waals surface area contributed by atoms with Crippen molar-refractivity contribution in [3.63, 3.8) is 0 Å². The fourth-order valence-electron chi connectivity index (χ4n) is 4.29. The van der Waals surface area contributed by atoms with Crippen LogP contribution in [0.2, 0.25) is 0 Å². The molecule has 0 amide bonds. The lowest BCUT2D eigenvalue weighted by Gasteiger charge is -2.18. The second kappa shape index (κ2) is 18.1. The molecule has 2 aromatic carbocycles. The van der Waals surface area contributed by atoms with E-state index in [-0.39, 0.29) is 12.1 Å². The largest absolute Gasteiger partial charge is 0.488 e. The zero-order valence-electron chi connectivity index (χ0n) is 21.6. The van der Waals surface area contributed by atoms with Crippen LogP contribution in [-0.2, 0) is 16.1 Å². The first kappa shape index (κ1) is 28.0. The molecule has 0 N–H and O–H groups in total. The molecular formula is C31H46O3. The van der Waals surface area contributed by atoms with E-state index in [0.29, 0.717) is 13.0 Å². The molecule has 0 aliphatic carbocycles. The van der Waals surface area contributed by atoms with E-state index in [1.54, 1.807) is 0 Å². The van der Waals surface area contributed by atoms with Gasteiger partial charge in [-0.25, -0.2) is 0 Å². The summed E-state index contributed by atoms with van der Waals surface area (Å²) < 4.78 is 11.7. The van der Waals surface area contributed by atoms with Gasteiger partial charge in [0.1, 0.15) is 18.5 Å². The summed E-state index contributed by atoms with van der Waals surface area (Å²) in [5, 5.41) is 0. The van der Waals surface area contributed by atoms with Crippen molar-refractivity contribution < 1.29 is 14.3 Å². The Balaban J connectivity index is 1.55. The molecule has 0 fully saturated rings. The van der Waals surface area contributed by atoms with Crippen LogP contribution >= 0.6 is 0 Å². The van der Waals surface area contributed by atoms with Crippen molar-refractivity contribution >= 4 is 5.97 Å². The highest BCUT2D eigenvalue weighted by molar-refractivity contribution is 5.69. The monoisotopic (exact) mass is 466 g/mol. The van der Waals surface area contributed by atoms with Crippen LogP contribution in [0.15, 0.2) is 54.6 Å². The quantitative estimate of drug-likeness (QED) is 0.153. The van der Waals surface area contributed by atoms with Gasteiger partial charge in [0.15, 0.2) is 0 Å². The number of unbranched alkanes of at least 4 members (excludes halogenated alkanes) is 12. The van der Waals surface area contributed by atoms with E-state index in [2.05, 4.69) is 6.92 Å². The van der Waals surface area contributed by atoms with E-state index in [1.807, 2.05) is 61.5 Å². The maximum atomic E-state index is 12.4. The van der Waals surface area contributed by atoms with Gasteiger partial charge in [-0.2, -0.15) is 0 Å². The van der Waals surface area contributed by atoms with E-state index in [4.69, 9.17) is 9.47 Å². The summed E-state index contributed by atoms with van der Waals surface area (Å²) in [5.41, 5.74) is 2.03. The minimum atomic E-state index is -0.318. The molecule has 3 heteroatoms. The van der Waals surface area contributed by atoms with Crippen molar-refractivity contribution in [2.75, 3.05) is 0 Å². The number of esters is 1. The van der Waals surface area contributed by atoms with Crippen molar-refractivity contribution in [3.8, 4) is 5.75 Å². The van der Waals surface area contributed by atoms with Crippen LogP contribution in [0, 0.1) is 0 Å². The molecule has 0 aliphatic heterocycles. The van der Waals surface area contributed by atoms with E-state index >= 15 is 0 Å². The maximum Gasteiger partial charge on any atom is 0.306 e. The highest BCUT2D eigenvalue weighted by Crippen LogP contribution is 2.28. The van der Waals surface area contributed by atoms with Gasteiger partial charge >= 0.3 is 5.97 Å². The first-order valence-electron chi connectivity index (χ1n) is 13.7. The zero-order valence-corrected chi connectivity index (χ0v) is 21.6. The lowest BCUT2D eigenvalue weighted by molar-refractivity contribution is -0.148. The predicted molar refractivity (Wildman–Crippen MR) is 142 cm³/mol. The third-order valence-corrected chi connectivity index (χ3v) is 6.39. The number of para-hydroxylation sites is 1. The van der Waals surface area contributed by atoms with Crippen molar-refractivity contribution in [1.29, 1.82) is 0 Å². The standard InChI is InChI=1S/C31H46O3/c1-3-4-5-6-7-8-9-10-11-12-13-14-18-25-31(32)34-27(2)29-23-19-20-24-30(29)33-26-28-21-16-15-17-22-28/h15-17,19-24,27H,3-14,18,25-26H2,1-2H3. The number of carbonyl (C=O) groups excluding carboxylic acids is 1. The van der Waals surface area contributed by atoms with Crippen LogP contribution in [0.25, 0.3) is 0 Å². The molecule has 0 saturated heterocycles. The van der Waals surface area contributed by atoms with Gasteiger partial charge in [-0.1, -0.05) is 133 Å². The third kappa shape index (κ3) is 12.3. The molecule has 2 rings (SSSR count). The zero-order chi connectivity index (χ0) is 24.3. The van der Waals surface area contributed by atoms with Gasteiger partial charge in [-0.05, 0) is 25.0 Å². The molecule has 1 unspecified atom stereocenters. The molecule has 0 saturated carbocycles. The van der Waals surface area contributed by atoms with Gasteiger partial charge in [0, 0.05) is 12.0 Å². The van der Waals surface area contributed by atoms with Crippen LogP contribution in [0.4, 0.5) is 0 Å². The SMILES string of the molecule is CCCCCCCCCCCCCCCC(=O)OC(C)c1ccccc1OCc1ccccc1. The highest BCUT2D eigenvalue weighted by atomic mass is 16.5. The summed E-state index contributed by atoms with van der Waals surface area (Å²) in [6.07, 6.45) is 17.1. The number of hydrogen-bond acceptors (Lipinski definition) is 3. The number of ether oxygens (including phenoxy) is 2. The van der Waals surface area contributed by atoms with Crippen LogP contribution in [0.1, 0.15) is 121 Å². The molecule has 188 valence electrons. The second-order valence-electron chi connectivity index (χ2n) is 9.44. The Morgan fingerprint density at radius 3 is 1.85 bits per heavy atom. The highest BCUT2D eigenvalue weighted by Gasteiger charge is 2.16. The van der Waals surface area contributed by atoms with E-state index in [9.17, 15) is 4.79 Å². The fourth-order valence-corrected chi connectivity index (χ4v) is 4.29. The molecule has 34 heavy (non-hydrogen) atoms. The van der Waals surface area contributed by atoms with E-state index < -0.39 is 0 Å². The summed E-state index contributed by atoms with van der Waals surface area (Å²) in [6, 6.07) is 17.9. The lowest BCUT2D eigenvalue weighted by atomic mass is 10.0. The smallest absolute Gasteiger partial charge is 0.306 e. The molecule has 0 spiro atoms. The lowest BCUT2D eigenvalue weighted by Crippen LogP contribution is -2.10. The Labute approximate surface area is 208 Å². The molecule has 0 radical (unpaired) electrons. The number of rotatable bonds is 19. The van der Waals surface area contributed by atoms with Crippen LogP contribution < -0.4 is 4.74 Å². The Hall–Kier alpha value is -2.29. The summed E-state index contributed by atoms with van der Waals surface area (Å²) in [6.45, 7) is 4.69. The maximum absolute atomic E-state index is 12.4. The topological polar surface area (TPSA) is 35.5 Å². The summed E-state index contributed by atoms with van der Waals surface area (Å²) >= 11 is 0. The second-order valence-corrected chi connectivity index (χ2v) is 9.44. The van der Waals surface area contributed by atoms with Gasteiger partial charge in [-0.15, -0.1) is 0 Å². The number of hydrogen-bond donors (Lipinski definition) is 0. The number of carbonyl (C=O) groups is 1. The minimum Gasteiger partial charge on any atom is -0.488 e. The fraction of sp³-hybridized carbons (Fsp3) is 0.581. The van der Waals surface area contributed by atoms with Gasteiger partial charge in [0.25, 0.3) is 0 Å². The predicted octanol–water partition coefficient (Wildman–Crippen LogP) is 9.35. The first-order valence-corrected chi connectivity index (χ1v) is 13.7.